The molecule has 4 rings (SSSR count). The topological polar surface area (TPSA) is 122 Å². The number of nitrogens with two attached hydrogens (primary N) is 1. The van der Waals surface area contributed by atoms with Crippen LogP contribution in [-0.2, 0) is 14.3 Å². The number of unbranched alkanes of at least 4 members (excludes halogenated alkanes) is 3. The highest BCUT2D eigenvalue weighted by molar-refractivity contribution is 5.79. The molecule has 7 nitrogen and oxygen atoms in total. The lowest BCUT2D eigenvalue weighted by molar-refractivity contribution is -0.239. The lowest BCUT2D eigenvalue weighted by Gasteiger charge is -2.69. The summed E-state index contributed by atoms with van der Waals surface area (Å²) in [6, 6.07) is 0. The van der Waals surface area contributed by atoms with Gasteiger partial charge in [0.25, 0.3) is 0 Å². The fourth-order valence-electron chi connectivity index (χ4n) is 11.5. The molecule has 254 valence electrons. The Labute approximate surface area is 268 Å². The van der Waals surface area contributed by atoms with Crippen molar-refractivity contribution in [3.8, 4) is 0 Å². The Morgan fingerprint density at radius 2 is 1.64 bits per heavy atom. The van der Waals surface area contributed by atoms with E-state index in [-0.39, 0.29) is 69.9 Å². The van der Waals surface area contributed by atoms with Gasteiger partial charge in [-0.25, -0.2) is 0 Å². The minimum atomic E-state index is -0.478. The molecule has 0 spiro atoms. The van der Waals surface area contributed by atoms with Crippen molar-refractivity contribution in [3.05, 3.63) is 0 Å². The molecule has 5 N–H and O–H groups in total. The van der Waals surface area contributed by atoms with E-state index in [4.69, 9.17) is 10.5 Å². The van der Waals surface area contributed by atoms with Gasteiger partial charge in [-0.15, -0.1) is 0 Å². The molecule has 44 heavy (non-hydrogen) atoms. The van der Waals surface area contributed by atoms with Gasteiger partial charge in [0.15, 0.2) is 0 Å². The molecule has 4 aliphatic rings. The van der Waals surface area contributed by atoms with Crippen LogP contribution in [0.25, 0.3) is 0 Å². The van der Waals surface area contributed by atoms with Crippen LogP contribution in [0.1, 0.15) is 132 Å². The van der Waals surface area contributed by atoms with Crippen molar-refractivity contribution in [1.29, 1.82) is 0 Å². The fraction of sp³-hybridized carbons (Fsp3) is 0.946. The van der Waals surface area contributed by atoms with Crippen LogP contribution in [-0.4, -0.2) is 53.5 Å². The summed E-state index contributed by atoms with van der Waals surface area (Å²) in [5.41, 5.74) is 5.28. The quantitative estimate of drug-likeness (QED) is 0.143. The van der Waals surface area contributed by atoms with Crippen molar-refractivity contribution in [3.63, 3.8) is 0 Å². The summed E-state index contributed by atoms with van der Waals surface area (Å²) in [7, 11) is 0. The van der Waals surface area contributed by atoms with Crippen LogP contribution >= 0.6 is 0 Å². The van der Waals surface area contributed by atoms with E-state index in [1.54, 1.807) is 0 Å². The maximum atomic E-state index is 14.1. The van der Waals surface area contributed by atoms with Gasteiger partial charge in [-0.05, 0) is 110 Å². The van der Waals surface area contributed by atoms with Crippen LogP contribution in [0, 0.1) is 57.7 Å². The summed E-state index contributed by atoms with van der Waals surface area (Å²) in [4.78, 5) is 26.7. The number of rotatable bonds is 13. The lowest BCUT2D eigenvalue weighted by Crippen LogP contribution is -2.66. The third-order valence-corrected chi connectivity index (χ3v) is 13.8. The van der Waals surface area contributed by atoms with Crippen LogP contribution < -0.4 is 11.1 Å². The standard InChI is InChI=1S/C37H66N2O5/c1-23(2)13-12-14-26(34(43)39-20-11-9-8-10-19-38)32-28-21-30(42)33-35(5)17-16-29(41)24(3)27(35)15-18-36(33,6)37(28,7)22-31(32)44-25(4)40/h23-24,26-33,41-42H,8-22,38H2,1-7H3,(H,39,43)/t24-,26-,27?,28?,29+,30+,31-,32-,33?,35-,36-,37-/m0/s1. The number of hydrogen-bond acceptors (Lipinski definition) is 6. The molecular formula is C37H66N2O5. The van der Waals surface area contributed by atoms with Crippen LogP contribution in [0.2, 0.25) is 0 Å². The van der Waals surface area contributed by atoms with Crippen molar-refractivity contribution in [2.45, 2.75) is 150 Å². The second-order valence-corrected chi connectivity index (χ2v) is 16.7. The van der Waals surface area contributed by atoms with E-state index in [0.29, 0.717) is 31.3 Å². The molecule has 7 heteroatoms. The largest absolute Gasteiger partial charge is 0.462 e. The zero-order chi connectivity index (χ0) is 32.4. The van der Waals surface area contributed by atoms with Crippen molar-refractivity contribution < 1.29 is 24.5 Å². The molecule has 4 saturated carbocycles. The first-order chi connectivity index (χ1) is 20.7. The van der Waals surface area contributed by atoms with E-state index in [2.05, 4.69) is 46.9 Å². The van der Waals surface area contributed by atoms with Gasteiger partial charge in [-0.2, -0.15) is 0 Å². The average Bonchev–Trinajstić information content (AvgIpc) is 3.21. The molecule has 12 atom stereocenters. The van der Waals surface area contributed by atoms with Gasteiger partial charge < -0.3 is 26.0 Å². The van der Waals surface area contributed by atoms with Crippen LogP contribution in [0.4, 0.5) is 0 Å². The Kier molecular flexibility index (Phi) is 11.6. The summed E-state index contributed by atoms with van der Waals surface area (Å²) in [6.45, 7) is 16.7. The number of nitrogens with one attached hydrogen (secondary N) is 1. The number of hydrogen-bond donors (Lipinski definition) is 4. The predicted octanol–water partition coefficient (Wildman–Crippen LogP) is 6.23. The summed E-state index contributed by atoms with van der Waals surface area (Å²) >= 11 is 0. The van der Waals surface area contributed by atoms with E-state index in [1.807, 2.05) is 0 Å². The Balaban J connectivity index is 1.66. The third kappa shape index (κ3) is 6.63. The van der Waals surface area contributed by atoms with Gasteiger partial charge >= 0.3 is 5.97 Å². The Morgan fingerprint density at radius 1 is 0.932 bits per heavy atom. The normalized spacial score (nSPS) is 42.2. The number of amides is 1. The highest BCUT2D eigenvalue weighted by Gasteiger charge is 2.72. The first-order valence-corrected chi connectivity index (χ1v) is 18.2. The Hall–Kier alpha value is -1.18. The SMILES string of the molecule is CC(=O)O[C@H]1C[C@@]2(C)C(C[C@@H](O)C3[C@@]4(C)CC[C@@H](O)[C@@H](C)C4CC[C@@]32C)[C@@H]1[C@H](CCCC(C)C)C(=O)NCCCCCCN. The third-order valence-electron chi connectivity index (χ3n) is 13.8. The highest BCUT2D eigenvalue weighted by Crippen LogP contribution is 2.74. The zero-order valence-corrected chi connectivity index (χ0v) is 29.1. The number of esters is 1. The number of aliphatic hydroxyl groups is 2. The van der Waals surface area contributed by atoms with Gasteiger partial charge in [0.1, 0.15) is 6.10 Å². The number of ether oxygens (including phenoxy) is 1. The number of fused-ring (bicyclic) bond motifs is 5. The molecular weight excluding hydrogens is 552 g/mol. The highest BCUT2D eigenvalue weighted by atomic mass is 16.5. The van der Waals surface area contributed by atoms with Gasteiger partial charge in [0, 0.05) is 25.3 Å². The van der Waals surface area contributed by atoms with Gasteiger partial charge in [-0.3, -0.25) is 9.59 Å². The minimum Gasteiger partial charge on any atom is -0.462 e. The fourth-order valence-corrected chi connectivity index (χ4v) is 11.5. The molecule has 1 amide bonds. The monoisotopic (exact) mass is 618 g/mol. The molecule has 4 fully saturated rings. The van der Waals surface area contributed by atoms with E-state index in [1.165, 1.54) is 6.92 Å². The van der Waals surface area contributed by atoms with E-state index < -0.39 is 6.10 Å². The maximum absolute atomic E-state index is 14.1. The summed E-state index contributed by atoms with van der Waals surface area (Å²) in [6.07, 6.45) is 10.9. The molecule has 0 bridgehead atoms. The average molecular weight is 619 g/mol. The number of carbonyl (C=O) groups excluding carboxylic acids is 2. The maximum Gasteiger partial charge on any atom is 0.302 e. The predicted molar refractivity (Wildman–Crippen MR) is 175 cm³/mol. The Bertz CT molecular complexity index is 989. The molecule has 0 aromatic rings. The molecule has 3 unspecified atom stereocenters. The molecule has 0 aromatic heterocycles. The van der Waals surface area contributed by atoms with Gasteiger partial charge in [-0.1, -0.05) is 67.2 Å². The van der Waals surface area contributed by atoms with E-state index >= 15 is 0 Å². The van der Waals surface area contributed by atoms with Crippen molar-refractivity contribution in [1.82, 2.24) is 5.32 Å². The molecule has 0 saturated heterocycles. The smallest absolute Gasteiger partial charge is 0.302 e. The second-order valence-electron chi connectivity index (χ2n) is 16.7. The summed E-state index contributed by atoms with van der Waals surface area (Å²) < 4.78 is 6.19. The molecule has 0 aliphatic heterocycles. The first kappa shape index (κ1) is 35.7. The molecule has 0 radical (unpaired) electrons. The van der Waals surface area contributed by atoms with E-state index in [9.17, 15) is 19.8 Å². The number of carbonyl (C=O) groups is 2. The van der Waals surface area contributed by atoms with Crippen LogP contribution in [0.5, 0.6) is 0 Å². The molecule has 0 aromatic carbocycles. The molecule has 4 aliphatic carbocycles. The summed E-state index contributed by atoms with van der Waals surface area (Å²) in [5.74, 6) is 0.824. The zero-order valence-electron chi connectivity index (χ0n) is 29.1. The van der Waals surface area contributed by atoms with Gasteiger partial charge in [0.2, 0.25) is 5.91 Å². The second kappa shape index (κ2) is 14.3. The molecule has 0 heterocycles. The lowest BCUT2D eigenvalue weighted by atomic mass is 9.36. The van der Waals surface area contributed by atoms with E-state index in [0.717, 1.165) is 77.0 Å². The first-order valence-electron chi connectivity index (χ1n) is 18.2. The van der Waals surface area contributed by atoms with Crippen LogP contribution in [0.3, 0.4) is 0 Å². The van der Waals surface area contributed by atoms with Crippen molar-refractivity contribution >= 4 is 11.9 Å². The van der Waals surface area contributed by atoms with Crippen molar-refractivity contribution in [2.75, 3.05) is 13.1 Å². The van der Waals surface area contributed by atoms with Crippen molar-refractivity contribution in [2.24, 2.45) is 63.4 Å². The van der Waals surface area contributed by atoms with Gasteiger partial charge in [0.05, 0.1) is 12.2 Å². The summed E-state index contributed by atoms with van der Waals surface area (Å²) in [5, 5.41) is 26.3. The minimum absolute atomic E-state index is 0.0496. The Morgan fingerprint density at radius 3 is 2.30 bits per heavy atom. The number of aliphatic hydroxyl groups excluding tert-OH is 2. The van der Waals surface area contributed by atoms with Crippen LogP contribution in [0.15, 0.2) is 0 Å².